The van der Waals surface area contributed by atoms with Gasteiger partial charge in [-0.25, -0.2) is 4.68 Å². The normalized spacial score (nSPS) is 10.9. The summed E-state index contributed by atoms with van der Waals surface area (Å²) in [4.78, 5) is 11.7. The molecule has 0 atom stereocenters. The molecule has 2 aromatic heterocycles. The van der Waals surface area contributed by atoms with Crippen molar-refractivity contribution in [2.45, 2.75) is 6.92 Å². The largest absolute Gasteiger partial charge is 0.294 e. The number of carbonyl (C=O) groups excluding carboxylic acids is 1. The van der Waals surface area contributed by atoms with Gasteiger partial charge in [-0.2, -0.15) is 10.2 Å². The van der Waals surface area contributed by atoms with Crippen molar-refractivity contribution in [2.24, 2.45) is 0 Å². The molecule has 3 aromatic rings. The highest BCUT2D eigenvalue weighted by Crippen LogP contribution is 2.21. The standard InChI is InChI=1S/C12H10N4O/c1-8(17)10-6-11-9(7-13-15-11)5-12(10)16-4-2-3-14-16/h2-7H,1H3,(H,13,15). The van der Waals surface area contributed by atoms with E-state index in [-0.39, 0.29) is 5.78 Å². The van der Waals surface area contributed by atoms with Crippen LogP contribution in [0.15, 0.2) is 36.8 Å². The number of hydrogen-bond acceptors (Lipinski definition) is 3. The first kappa shape index (κ1) is 9.77. The number of aromatic nitrogens is 4. The Bertz CT molecular complexity index is 682. The van der Waals surface area contributed by atoms with Crippen LogP contribution in [-0.2, 0) is 0 Å². The molecular formula is C12H10N4O. The number of nitrogens with one attached hydrogen (secondary N) is 1. The van der Waals surface area contributed by atoms with E-state index >= 15 is 0 Å². The molecule has 0 saturated heterocycles. The number of nitrogens with zero attached hydrogens (tertiary/aromatic N) is 3. The number of benzene rings is 1. The highest BCUT2D eigenvalue weighted by atomic mass is 16.1. The first-order chi connectivity index (χ1) is 8.25. The van der Waals surface area contributed by atoms with E-state index in [0.29, 0.717) is 5.56 Å². The Morgan fingerprint density at radius 1 is 1.41 bits per heavy atom. The van der Waals surface area contributed by atoms with Crippen molar-refractivity contribution in [2.75, 3.05) is 0 Å². The summed E-state index contributed by atoms with van der Waals surface area (Å²) < 4.78 is 1.68. The molecule has 17 heavy (non-hydrogen) atoms. The smallest absolute Gasteiger partial charge is 0.162 e. The molecule has 0 unspecified atom stereocenters. The maximum absolute atomic E-state index is 11.7. The van der Waals surface area contributed by atoms with E-state index in [0.717, 1.165) is 16.6 Å². The third kappa shape index (κ3) is 1.52. The molecule has 0 aliphatic heterocycles. The number of aromatic amines is 1. The lowest BCUT2D eigenvalue weighted by Gasteiger charge is -2.07. The summed E-state index contributed by atoms with van der Waals surface area (Å²) in [5.41, 5.74) is 2.26. The summed E-state index contributed by atoms with van der Waals surface area (Å²) >= 11 is 0. The second-order valence-corrected chi connectivity index (χ2v) is 3.83. The van der Waals surface area contributed by atoms with Gasteiger partial charge in [0.15, 0.2) is 5.78 Å². The Labute approximate surface area is 97.1 Å². The molecule has 0 spiro atoms. The Kier molecular flexibility index (Phi) is 2.04. The van der Waals surface area contributed by atoms with Crippen LogP contribution in [0.1, 0.15) is 17.3 Å². The summed E-state index contributed by atoms with van der Waals surface area (Å²) in [5.74, 6) is 0.00648. The number of ketones is 1. The van der Waals surface area contributed by atoms with E-state index in [9.17, 15) is 4.79 Å². The van der Waals surface area contributed by atoms with Gasteiger partial charge in [-0.3, -0.25) is 9.89 Å². The maximum Gasteiger partial charge on any atom is 0.162 e. The zero-order chi connectivity index (χ0) is 11.8. The molecule has 0 fully saturated rings. The zero-order valence-electron chi connectivity index (χ0n) is 9.21. The van der Waals surface area contributed by atoms with Gasteiger partial charge in [0.05, 0.1) is 17.4 Å². The molecule has 0 radical (unpaired) electrons. The average molecular weight is 226 g/mol. The lowest BCUT2D eigenvalue weighted by atomic mass is 10.1. The molecule has 5 nitrogen and oxygen atoms in total. The van der Waals surface area contributed by atoms with Crippen LogP contribution in [0.25, 0.3) is 16.6 Å². The van der Waals surface area contributed by atoms with Gasteiger partial charge in [0, 0.05) is 23.3 Å². The summed E-state index contributed by atoms with van der Waals surface area (Å²) in [5, 5.41) is 11.9. The van der Waals surface area contributed by atoms with Gasteiger partial charge in [-0.15, -0.1) is 0 Å². The molecule has 84 valence electrons. The number of rotatable bonds is 2. The molecule has 1 N–H and O–H groups in total. The third-order valence-corrected chi connectivity index (χ3v) is 2.69. The summed E-state index contributed by atoms with van der Waals surface area (Å²) in [6.07, 6.45) is 5.23. The van der Waals surface area contributed by atoms with Crippen LogP contribution in [0.5, 0.6) is 0 Å². The van der Waals surface area contributed by atoms with Crippen LogP contribution < -0.4 is 0 Å². The first-order valence-electron chi connectivity index (χ1n) is 5.24. The van der Waals surface area contributed by atoms with Crippen LogP contribution in [0.4, 0.5) is 0 Å². The predicted molar refractivity (Wildman–Crippen MR) is 63.2 cm³/mol. The van der Waals surface area contributed by atoms with Crippen molar-refractivity contribution in [3.05, 3.63) is 42.4 Å². The molecule has 1 aromatic carbocycles. The fraction of sp³-hybridized carbons (Fsp3) is 0.0833. The van der Waals surface area contributed by atoms with Crippen LogP contribution in [0.2, 0.25) is 0 Å². The Morgan fingerprint density at radius 2 is 2.29 bits per heavy atom. The second kappa shape index (κ2) is 3.55. The van der Waals surface area contributed by atoms with Gasteiger partial charge < -0.3 is 0 Å². The molecule has 2 heterocycles. The quantitative estimate of drug-likeness (QED) is 0.679. The SMILES string of the molecule is CC(=O)c1cc2[nH]ncc2cc1-n1cccn1. The van der Waals surface area contributed by atoms with Crippen LogP contribution >= 0.6 is 0 Å². The summed E-state index contributed by atoms with van der Waals surface area (Å²) in [7, 11) is 0. The lowest BCUT2D eigenvalue weighted by molar-refractivity contribution is 0.101. The van der Waals surface area contributed by atoms with Gasteiger partial charge in [-0.1, -0.05) is 0 Å². The third-order valence-electron chi connectivity index (χ3n) is 2.69. The van der Waals surface area contributed by atoms with E-state index in [2.05, 4.69) is 15.3 Å². The summed E-state index contributed by atoms with van der Waals surface area (Å²) in [6, 6.07) is 5.54. The number of fused-ring (bicyclic) bond motifs is 1. The monoisotopic (exact) mass is 226 g/mol. The van der Waals surface area contributed by atoms with Crippen molar-refractivity contribution >= 4 is 16.7 Å². The molecule has 3 rings (SSSR count). The maximum atomic E-state index is 11.7. The topological polar surface area (TPSA) is 63.6 Å². The van der Waals surface area contributed by atoms with E-state index in [4.69, 9.17) is 0 Å². The summed E-state index contributed by atoms with van der Waals surface area (Å²) in [6.45, 7) is 1.55. The van der Waals surface area contributed by atoms with Gasteiger partial charge in [-0.05, 0) is 25.1 Å². The number of hydrogen-bond donors (Lipinski definition) is 1. The Hall–Kier alpha value is -2.43. The number of H-pyrrole nitrogens is 1. The minimum atomic E-state index is 0.00648. The van der Waals surface area contributed by atoms with Gasteiger partial charge in [0.25, 0.3) is 0 Å². The Balaban J connectivity index is 2.34. The van der Waals surface area contributed by atoms with Crippen molar-refractivity contribution in [3.63, 3.8) is 0 Å². The van der Waals surface area contributed by atoms with Crippen molar-refractivity contribution in [1.82, 2.24) is 20.0 Å². The fourth-order valence-electron chi connectivity index (χ4n) is 1.86. The molecule has 0 aliphatic carbocycles. The molecular weight excluding hydrogens is 216 g/mol. The van der Waals surface area contributed by atoms with Gasteiger partial charge in [0.2, 0.25) is 0 Å². The fourth-order valence-corrected chi connectivity index (χ4v) is 1.86. The first-order valence-corrected chi connectivity index (χ1v) is 5.24. The molecule has 0 saturated carbocycles. The van der Waals surface area contributed by atoms with Gasteiger partial charge in [0.1, 0.15) is 0 Å². The lowest BCUT2D eigenvalue weighted by Crippen LogP contribution is -2.03. The highest BCUT2D eigenvalue weighted by molar-refractivity contribution is 6.01. The van der Waals surface area contributed by atoms with E-state index < -0.39 is 0 Å². The van der Waals surface area contributed by atoms with Crippen molar-refractivity contribution < 1.29 is 4.79 Å². The molecule has 0 amide bonds. The molecule has 5 heteroatoms. The average Bonchev–Trinajstić information content (AvgIpc) is 2.98. The minimum absolute atomic E-state index is 0.00648. The van der Waals surface area contributed by atoms with Crippen LogP contribution in [0.3, 0.4) is 0 Å². The van der Waals surface area contributed by atoms with E-state index in [1.807, 2.05) is 24.4 Å². The van der Waals surface area contributed by atoms with E-state index in [1.165, 1.54) is 0 Å². The molecule has 0 bridgehead atoms. The van der Waals surface area contributed by atoms with Crippen molar-refractivity contribution in [3.8, 4) is 5.69 Å². The zero-order valence-corrected chi connectivity index (χ0v) is 9.21. The molecule has 0 aliphatic rings. The predicted octanol–water partition coefficient (Wildman–Crippen LogP) is 1.95. The van der Waals surface area contributed by atoms with E-state index in [1.54, 1.807) is 24.0 Å². The van der Waals surface area contributed by atoms with Crippen LogP contribution in [0, 0.1) is 0 Å². The van der Waals surface area contributed by atoms with Crippen molar-refractivity contribution in [1.29, 1.82) is 0 Å². The Morgan fingerprint density at radius 3 is 3.00 bits per heavy atom. The van der Waals surface area contributed by atoms with Crippen LogP contribution in [-0.4, -0.2) is 25.8 Å². The van der Waals surface area contributed by atoms with Gasteiger partial charge >= 0.3 is 0 Å². The minimum Gasteiger partial charge on any atom is -0.294 e. The number of Topliss-reactive ketones (excluding diaryl/α,β-unsaturated/α-hetero) is 1. The second-order valence-electron chi connectivity index (χ2n) is 3.83. The highest BCUT2D eigenvalue weighted by Gasteiger charge is 2.11. The number of carbonyl (C=O) groups is 1.